The van der Waals surface area contributed by atoms with Crippen molar-refractivity contribution in [3.05, 3.63) is 0 Å². The summed E-state index contributed by atoms with van der Waals surface area (Å²) >= 11 is 0. The smallest absolute Gasteiger partial charge is 0.0748 e. The minimum atomic E-state index is -0.476. The topological polar surface area (TPSA) is 38.7 Å². The second-order valence-corrected chi connectivity index (χ2v) is 4.15. The lowest BCUT2D eigenvalue weighted by Gasteiger charge is -2.46. The second-order valence-electron chi connectivity index (χ2n) is 4.15. The number of aliphatic hydroxyl groups is 1. The van der Waals surface area contributed by atoms with Crippen LogP contribution in [-0.2, 0) is 9.47 Å². The second kappa shape index (κ2) is 3.56. The van der Waals surface area contributed by atoms with Crippen LogP contribution in [0.5, 0.6) is 0 Å². The maximum Gasteiger partial charge on any atom is 0.0748 e. The summed E-state index contributed by atoms with van der Waals surface area (Å²) in [4.78, 5) is 0. The summed E-state index contributed by atoms with van der Waals surface area (Å²) in [5.74, 6) is 0.351. The van der Waals surface area contributed by atoms with Crippen molar-refractivity contribution in [3.8, 4) is 0 Å². The third kappa shape index (κ3) is 1.73. The molecule has 76 valence electrons. The van der Waals surface area contributed by atoms with Gasteiger partial charge < -0.3 is 14.6 Å². The minimum absolute atomic E-state index is 0.288. The van der Waals surface area contributed by atoms with Gasteiger partial charge in [0.05, 0.1) is 18.3 Å². The van der Waals surface area contributed by atoms with Gasteiger partial charge in [0.2, 0.25) is 0 Å². The van der Waals surface area contributed by atoms with Gasteiger partial charge in [0, 0.05) is 32.0 Å². The van der Waals surface area contributed by atoms with Crippen molar-refractivity contribution >= 4 is 0 Å². The zero-order valence-corrected chi connectivity index (χ0v) is 8.16. The van der Waals surface area contributed by atoms with Crippen LogP contribution in [0.3, 0.4) is 0 Å². The molecule has 1 aliphatic carbocycles. The molecule has 3 nitrogen and oxygen atoms in total. The Labute approximate surface area is 79.0 Å². The molecule has 1 saturated carbocycles. The van der Waals surface area contributed by atoms with Crippen LogP contribution in [0.1, 0.15) is 26.2 Å². The highest BCUT2D eigenvalue weighted by Gasteiger charge is 2.49. The van der Waals surface area contributed by atoms with Gasteiger partial charge in [0.25, 0.3) is 0 Å². The maximum atomic E-state index is 10.1. The first-order valence-corrected chi connectivity index (χ1v) is 5.16. The van der Waals surface area contributed by atoms with Crippen LogP contribution in [0.15, 0.2) is 0 Å². The lowest BCUT2D eigenvalue weighted by Crippen LogP contribution is -2.53. The van der Waals surface area contributed by atoms with E-state index >= 15 is 0 Å². The van der Waals surface area contributed by atoms with E-state index in [2.05, 4.69) is 0 Å². The molecule has 0 amide bonds. The van der Waals surface area contributed by atoms with Gasteiger partial charge in [-0.3, -0.25) is 0 Å². The van der Waals surface area contributed by atoms with Crippen LogP contribution in [-0.4, -0.2) is 36.6 Å². The van der Waals surface area contributed by atoms with Gasteiger partial charge in [0.1, 0.15) is 0 Å². The first-order chi connectivity index (χ1) is 6.24. The predicted octanol–water partition coefficient (Wildman–Crippen LogP) is 0.953. The molecule has 1 saturated heterocycles. The Kier molecular flexibility index (Phi) is 2.58. The van der Waals surface area contributed by atoms with E-state index in [1.807, 2.05) is 6.92 Å². The van der Waals surface area contributed by atoms with E-state index in [9.17, 15) is 5.11 Å². The maximum absolute atomic E-state index is 10.1. The van der Waals surface area contributed by atoms with Gasteiger partial charge in [-0.25, -0.2) is 0 Å². The van der Waals surface area contributed by atoms with Gasteiger partial charge >= 0.3 is 0 Å². The highest BCUT2D eigenvalue weighted by Crippen LogP contribution is 2.43. The Hall–Kier alpha value is -0.120. The zero-order chi connectivity index (χ0) is 9.31. The Morgan fingerprint density at radius 3 is 2.85 bits per heavy atom. The van der Waals surface area contributed by atoms with Crippen molar-refractivity contribution < 1.29 is 14.6 Å². The van der Waals surface area contributed by atoms with E-state index in [-0.39, 0.29) is 6.10 Å². The molecular weight excluding hydrogens is 168 g/mol. The summed E-state index contributed by atoms with van der Waals surface area (Å²) < 4.78 is 10.7. The average molecular weight is 186 g/mol. The van der Waals surface area contributed by atoms with E-state index in [1.165, 1.54) is 0 Å². The highest BCUT2D eigenvalue weighted by atomic mass is 16.5. The van der Waals surface area contributed by atoms with E-state index in [0.29, 0.717) is 5.92 Å². The summed E-state index contributed by atoms with van der Waals surface area (Å²) in [5.41, 5.74) is -0.476. The van der Waals surface area contributed by atoms with Gasteiger partial charge in [-0.2, -0.15) is 0 Å². The van der Waals surface area contributed by atoms with Crippen LogP contribution < -0.4 is 0 Å². The van der Waals surface area contributed by atoms with E-state index < -0.39 is 5.60 Å². The first kappa shape index (κ1) is 9.44. The summed E-state index contributed by atoms with van der Waals surface area (Å²) in [6.07, 6.45) is 2.90. The lowest BCUT2D eigenvalue weighted by molar-refractivity contribution is -0.165. The van der Waals surface area contributed by atoms with Crippen molar-refractivity contribution in [1.29, 1.82) is 0 Å². The molecule has 0 aromatic rings. The highest BCUT2D eigenvalue weighted by molar-refractivity contribution is 5.00. The Morgan fingerprint density at radius 1 is 1.54 bits per heavy atom. The van der Waals surface area contributed by atoms with Crippen molar-refractivity contribution in [2.24, 2.45) is 5.92 Å². The van der Waals surface area contributed by atoms with Crippen molar-refractivity contribution in [2.45, 2.75) is 37.9 Å². The molecule has 1 N–H and O–H groups in total. The quantitative estimate of drug-likeness (QED) is 0.713. The van der Waals surface area contributed by atoms with E-state index in [1.54, 1.807) is 0 Å². The molecule has 0 spiro atoms. The van der Waals surface area contributed by atoms with Gasteiger partial charge in [-0.1, -0.05) is 0 Å². The Balaban J connectivity index is 1.80. The molecule has 13 heavy (non-hydrogen) atoms. The Bertz CT molecular complexity index is 169. The van der Waals surface area contributed by atoms with Gasteiger partial charge in [-0.15, -0.1) is 0 Å². The largest absolute Gasteiger partial charge is 0.389 e. The van der Waals surface area contributed by atoms with Crippen molar-refractivity contribution in [1.82, 2.24) is 0 Å². The molecule has 0 radical (unpaired) electrons. The first-order valence-electron chi connectivity index (χ1n) is 5.16. The molecular formula is C10H18O3. The van der Waals surface area contributed by atoms with Crippen LogP contribution in [0.2, 0.25) is 0 Å². The normalized spacial score (nSPS) is 44.8. The molecule has 0 aromatic carbocycles. The number of ether oxygens (including phenoxy) is 2. The molecule has 2 rings (SSSR count). The average Bonchev–Trinajstić information content (AvgIpc) is 2.53. The van der Waals surface area contributed by atoms with E-state index in [0.717, 1.165) is 39.1 Å². The molecule has 1 unspecified atom stereocenters. The van der Waals surface area contributed by atoms with E-state index in [4.69, 9.17) is 9.47 Å². The van der Waals surface area contributed by atoms with Crippen molar-refractivity contribution in [3.63, 3.8) is 0 Å². The fraction of sp³-hybridized carbons (Fsp3) is 1.00. The number of rotatable bonds is 3. The SMILES string of the molecule is CCOC1CC(O)(C2CCOC2)C1. The van der Waals surface area contributed by atoms with Gasteiger partial charge in [-0.05, 0) is 13.3 Å². The molecule has 0 bridgehead atoms. The van der Waals surface area contributed by atoms with Crippen LogP contribution in [0, 0.1) is 5.92 Å². The standard InChI is InChI=1S/C10H18O3/c1-2-13-9-5-10(11,6-9)8-3-4-12-7-8/h8-9,11H,2-7H2,1H3. The lowest BCUT2D eigenvalue weighted by atomic mass is 9.69. The molecule has 3 heteroatoms. The summed E-state index contributed by atoms with van der Waals surface area (Å²) in [6.45, 7) is 4.29. The molecule has 2 aliphatic rings. The molecule has 1 aliphatic heterocycles. The number of hydrogen-bond donors (Lipinski definition) is 1. The van der Waals surface area contributed by atoms with Crippen LogP contribution in [0.4, 0.5) is 0 Å². The predicted molar refractivity (Wildman–Crippen MR) is 48.5 cm³/mol. The third-order valence-electron chi connectivity index (χ3n) is 3.25. The molecule has 0 aromatic heterocycles. The monoisotopic (exact) mass is 186 g/mol. The zero-order valence-electron chi connectivity index (χ0n) is 8.16. The summed E-state index contributed by atoms with van der Waals surface area (Å²) in [5, 5.41) is 10.1. The molecule has 2 fully saturated rings. The number of hydrogen-bond acceptors (Lipinski definition) is 3. The fourth-order valence-corrected chi connectivity index (χ4v) is 2.37. The third-order valence-corrected chi connectivity index (χ3v) is 3.25. The summed E-state index contributed by atoms with van der Waals surface area (Å²) in [7, 11) is 0. The van der Waals surface area contributed by atoms with Crippen LogP contribution in [0.25, 0.3) is 0 Å². The molecule has 1 heterocycles. The van der Waals surface area contributed by atoms with Crippen LogP contribution >= 0.6 is 0 Å². The van der Waals surface area contributed by atoms with Crippen molar-refractivity contribution in [2.75, 3.05) is 19.8 Å². The fourth-order valence-electron chi connectivity index (χ4n) is 2.37. The summed E-state index contributed by atoms with van der Waals surface area (Å²) in [6, 6.07) is 0. The Morgan fingerprint density at radius 2 is 2.31 bits per heavy atom. The molecule has 1 atom stereocenters. The van der Waals surface area contributed by atoms with Gasteiger partial charge in [0.15, 0.2) is 0 Å². The minimum Gasteiger partial charge on any atom is -0.389 e.